The van der Waals surface area contributed by atoms with Crippen LogP contribution in [0.3, 0.4) is 0 Å². The molecular weight excluding hydrogens is 911 g/mol. The lowest BCUT2D eigenvalue weighted by Crippen LogP contribution is -2.44. The first-order chi connectivity index (χ1) is 35.6. The van der Waals surface area contributed by atoms with Crippen molar-refractivity contribution in [2.45, 2.75) is 309 Å². The van der Waals surface area contributed by atoms with Gasteiger partial charge in [0.05, 0.1) is 40.3 Å². The number of rotatable bonds is 58. The van der Waals surface area contributed by atoms with Crippen LogP contribution in [0.4, 0.5) is 0 Å². The maximum atomic E-state index is 12.8. The molecule has 0 aliphatic rings. The number of aliphatic carboxylic acids is 1. The molecule has 0 radical (unpaired) electrons. The fourth-order valence-corrected chi connectivity index (χ4v) is 9.08. The zero-order valence-corrected chi connectivity index (χ0v) is 48.8. The van der Waals surface area contributed by atoms with E-state index in [2.05, 4.69) is 50.3 Å². The minimum absolute atomic E-state index is 0.151. The van der Waals surface area contributed by atoms with Gasteiger partial charge in [0.25, 0.3) is 0 Å². The summed E-state index contributed by atoms with van der Waals surface area (Å²) in [7, 11) is 5.92. The van der Waals surface area contributed by atoms with Crippen LogP contribution in [0.15, 0.2) is 36.5 Å². The van der Waals surface area contributed by atoms with Gasteiger partial charge in [0, 0.05) is 12.8 Å². The SMILES string of the molecule is CCCCCCC/C=C\C/C=C\C/C=C\CCCCCCCCCCCCCCCCCCCCCCCCCCCCC(=O)OC(COC(=O)CCCCCCCCC)COC(OCC[N+](C)(C)C)C(=O)[O-]. The molecule has 0 saturated heterocycles. The molecule has 0 heterocycles. The molecule has 0 aromatic carbocycles. The van der Waals surface area contributed by atoms with Crippen LogP contribution in [0, 0.1) is 0 Å². The summed E-state index contributed by atoms with van der Waals surface area (Å²) >= 11 is 0. The van der Waals surface area contributed by atoms with Gasteiger partial charge in [-0.25, -0.2) is 0 Å². The van der Waals surface area contributed by atoms with Gasteiger partial charge in [-0.05, 0) is 51.4 Å². The molecule has 0 aromatic heterocycles. The zero-order chi connectivity index (χ0) is 53.4. The third-order valence-electron chi connectivity index (χ3n) is 13.9. The number of carbonyl (C=O) groups is 3. The molecule has 0 spiro atoms. The Bertz CT molecular complexity index is 1290. The number of carbonyl (C=O) groups excluding carboxylic acids is 3. The van der Waals surface area contributed by atoms with Crippen molar-refractivity contribution in [2.24, 2.45) is 0 Å². The van der Waals surface area contributed by atoms with Gasteiger partial charge in [-0.15, -0.1) is 0 Å². The molecule has 0 fully saturated rings. The number of nitrogens with zero attached hydrogens (tertiary/aromatic N) is 1. The fourth-order valence-electron chi connectivity index (χ4n) is 9.08. The summed E-state index contributed by atoms with van der Waals surface area (Å²) in [6, 6.07) is 0. The fraction of sp³-hybridized carbons (Fsp3) is 0.859. The van der Waals surface area contributed by atoms with Crippen molar-refractivity contribution in [3.8, 4) is 0 Å². The smallest absolute Gasteiger partial charge is 0.306 e. The third kappa shape index (κ3) is 57.1. The van der Waals surface area contributed by atoms with Crippen LogP contribution < -0.4 is 5.11 Å². The van der Waals surface area contributed by atoms with Gasteiger partial charge in [-0.3, -0.25) is 9.59 Å². The van der Waals surface area contributed by atoms with Crippen LogP contribution in [0.1, 0.15) is 296 Å². The largest absolute Gasteiger partial charge is 0.545 e. The number of likely N-dealkylation sites (N-methyl/N-ethyl adjacent to an activating group) is 1. The van der Waals surface area contributed by atoms with E-state index in [-0.39, 0.29) is 32.2 Å². The highest BCUT2D eigenvalue weighted by atomic mass is 16.7. The van der Waals surface area contributed by atoms with Gasteiger partial charge < -0.3 is 33.3 Å². The van der Waals surface area contributed by atoms with Crippen molar-refractivity contribution in [1.29, 1.82) is 0 Å². The Labute approximate surface area is 451 Å². The van der Waals surface area contributed by atoms with Gasteiger partial charge in [-0.1, -0.05) is 269 Å². The van der Waals surface area contributed by atoms with Crippen LogP contribution >= 0.6 is 0 Å². The summed E-state index contributed by atoms with van der Waals surface area (Å²) in [4.78, 5) is 37.0. The first-order valence-electron chi connectivity index (χ1n) is 31.1. The molecule has 0 amide bonds. The van der Waals surface area contributed by atoms with Crippen molar-refractivity contribution < 1.29 is 42.9 Å². The van der Waals surface area contributed by atoms with E-state index in [0.717, 1.165) is 51.4 Å². The number of allylic oxidation sites excluding steroid dienone is 6. The summed E-state index contributed by atoms with van der Waals surface area (Å²) in [6.45, 7) is 4.71. The second-order valence-electron chi connectivity index (χ2n) is 22.4. The number of esters is 2. The lowest BCUT2D eigenvalue weighted by atomic mass is 10.0. The van der Waals surface area contributed by atoms with Crippen LogP contribution in [-0.2, 0) is 33.3 Å². The highest BCUT2D eigenvalue weighted by Crippen LogP contribution is 2.18. The number of carboxylic acids is 1. The second-order valence-corrected chi connectivity index (χ2v) is 22.4. The predicted octanol–water partition coefficient (Wildman–Crippen LogP) is 17.1. The van der Waals surface area contributed by atoms with Gasteiger partial charge in [0.15, 0.2) is 12.4 Å². The van der Waals surface area contributed by atoms with E-state index in [1.807, 2.05) is 21.1 Å². The number of unbranched alkanes of at least 4 members (excludes halogenated alkanes) is 37. The summed E-state index contributed by atoms with van der Waals surface area (Å²) in [6.07, 6.45) is 65.6. The average molecular weight is 1030 g/mol. The van der Waals surface area contributed by atoms with Crippen LogP contribution in [0.2, 0.25) is 0 Å². The van der Waals surface area contributed by atoms with Crippen molar-refractivity contribution in [3.05, 3.63) is 36.5 Å². The quantitative estimate of drug-likeness (QED) is 0.0195. The van der Waals surface area contributed by atoms with E-state index in [0.29, 0.717) is 17.4 Å². The molecule has 73 heavy (non-hydrogen) atoms. The minimum atomic E-state index is -1.61. The Kier molecular flexibility index (Phi) is 53.8. The minimum Gasteiger partial charge on any atom is -0.545 e. The van der Waals surface area contributed by atoms with Crippen molar-refractivity contribution in [2.75, 3.05) is 47.5 Å². The highest BCUT2D eigenvalue weighted by Gasteiger charge is 2.22. The van der Waals surface area contributed by atoms with Gasteiger partial charge in [0.2, 0.25) is 0 Å². The van der Waals surface area contributed by atoms with E-state index in [4.69, 9.17) is 18.9 Å². The lowest BCUT2D eigenvalue weighted by Gasteiger charge is -2.26. The third-order valence-corrected chi connectivity index (χ3v) is 13.9. The Balaban J connectivity index is 3.79. The average Bonchev–Trinajstić information content (AvgIpc) is 3.36. The molecular formula is C64H119NO8. The molecule has 9 nitrogen and oxygen atoms in total. The maximum absolute atomic E-state index is 12.8. The highest BCUT2D eigenvalue weighted by molar-refractivity contribution is 5.70. The molecule has 0 rings (SSSR count). The molecule has 0 aliphatic carbocycles. The number of carboxylic acid groups (broad SMARTS) is 1. The van der Waals surface area contributed by atoms with E-state index in [1.54, 1.807) is 0 Å². The van der Waals surface area contributed by atoms with Crippen LogP contribution in [-0.4, -0.2) is 82.3 Å². The molecule has 0 N–H and O–H groups in total. The molecule has 2 unspecified atom stereocenters. The number of hydrogen-bond donors (Lipinski definition) is 0. The molecule has 0 aromatic rings. The summed E-state index contributed by atoms with van der Waals surface area (Å²) in [5, 5.41) is 11.7. The molecule has 0 saturated carbocycles. The Morgan fingerprint density at radius 2 is 0.740 bits per heavy atom. The van der Waals surface area contributed by atoms with Gasteiger partial charge in [-0.2, -0.15) is 0 Å². The van der Waals surface area contributed by atoms with Crippen LogP contribution in [0.5, 0.6) is 0 Å². The first kappa shape index (κ1) is 70.5. The van der Waals surface area contributed by atoms with E-state index >= 15 is 0 Å². The first-order valence-corrected chi connectivity index (χ1v) is 31.1. The van der Waals surface area contributed by atoms with E-state index in [1.165, 1.54) is 218 Å². The monoisotopic (exact) mass is 1030 g/mol. The van der Waals surface area contributed by atoms with Crippen LogP contribution in [0.25, 0.3) is 0 Å². The molecule has 428 valence electrons. The van der Waals surface area contributed by atoms with Crippen molar-refractivity contribution >= 4 is 17.9 Å². The number of ether oxygens (including phenoxy) is 4. The molecule has 9 heteroatoms. The number of hydrogen-bond acceptors (Lipinski definition) is 8. The number of quaternary nitrogens is 1. The maximum Gasteiger partial charge on any atom is 0.306 e. The molecule has 0 aliphatic heterocycles. The second kappa shape index (κ2) is 55.7. The predicted molar refractivity (Wildman–Crippen MR) is 306 cm³/mol. The molecule has 2 atom stereocenters. The van der Waals surface area contributed by atoms with Gasteiger partial charge in [0.1, 0.15) is 13.2 Å². The standard InChI is InChI=1S/C64H119NO8/c1-6-8-10-12-14-15-16-17-18-19-20-21-22-23-24-25-26-27-28-29-30-31-32-33-34-35-36-37-38-39-40-41-42-43-44-45-46-47-49-51-53-55-62(67)73-60(58-71-61(66)54-52-50-48-13-11-9-7-2)59-72-64(63(68)69)70-57-56-65(3,4)5/h16-17,19-20,22-23,60,64H,6-15,18,21,24-59H2,1-5H3/b17-16-,20-19-,23-22-. The topological polar surface area (TPSA) is 111 Å². The Morgan fingerprint density at radius 1 is 0.411 bits per heavy atom. The summed E-state index contributed by atoms with van der Waals surface area (Å²) in [5.41, 5.74) is 0. The Morgan fingerprint density at radius 3 is 1.10 bits per heavy atom. The summed E-state index contributed by atoms with van der Waals surface area (Å²) in [5.74, 6) is -2.27. The normalized spacial score (nSPS) is 12.9. The van der Waals surface area contributed by atoms with Crippen molar-refractivity contribution in [1.82, 2.24) is 0 Å². The molecule has 0 bridgehead atoms. The zero-order valence-electron chi connectivity index (χ0n) is 48.8. The van der Waals surface area contributed by atoms with E-state index < -0.39 is 24.3 Å². The Hall–Kier alpha value is -2.49. The summed E-state index contributed by atoms with van der Waals surface area (Å²) < 4.78 is 22.6. The van der Waals surface area contributed by atoms with E-state index in [9.17, 15) is 19.5 Å². The van der Waals surface area contributed by atoms with Gasteiger partial charge >= 0.3 is 11.9 Å². The lowest BCUT2D eigenvalue weighted by molar-refractivity contribution is -0.870. The van der Waals surface area contributed by atoms with Crippen molar-refractivity contribution in [3.63, 3.8) is 0 Å².